The van der Waals surface area contributed by atoms with E-state index in [-0.39, 0.29) is 5.41 Å². The van der Waals surface area contributed by atoms with Crippen molar-refractivity contribution >= 4 is 76.3 Å². The molecule has 0 saturated carbocycles. The summed E-state index contributed by atoms with van der Waals surface area (Å²) in [6.07, 6.45) is 0. The summed E-state index contributed by atoms with van der Waals surface area (Å²) in [5.41, 5.74) is 17.4. The van der Waals surface area contributed by atoms with Gasteiger partial charge in [-0.2, -0.15) is 0 Å². The summed E-state index contributed by atoms with van der Waals surface area (Å²) in [5, 5.41) is 8.31. The highest BCUT2D eigenvalue weighted by Gasteiger charge is 2.35. The number of para-hydroxylation sites is 4. The first kappa shape index (κ1) is 35.3. The molecule has 0 atom stereocenters. The molecule has 14 rings (SSSR count). The number of aromatic nitrogens is 5. The Hall–Kier alpha value is -8.28. The van der Waals surface area contributed by atoms with E-state index in [1.54, 1.807) is 0 Å². The molecule has 5 nitrogen and oxygen atoms in total. The van der Waals surface area contributed by atoms with Gasteiger partial charge in [0.1, 0.15) is 0 Å². The van der Waals surface area contributed by atoms with Gasteiger partial charge in [-0.3, -0.25) is 4.57 Å². The number of nitrogens with zero attached hydrogens (tertiary/aromatic N) is 5. The molecular weight excluding hydrogens is 779 g/mol. The molecule has 0 N–H and O–H groups in total. The zero-order chi connectivity index (χ0) is 42.3. The van der Waals surface area contributed by atoms with Gasteiger partial charge in [0, 0.05) is 54.4 Å². The predicted molar refractivity (Wildman–Crippen MR) is 266 cm³/mol. The first-order valence-electron chi connectivity index (χ1n) is 22.1. The van der Waals surface area contributed by atoms with E-state index >= 15 is 0 Å². The van der Waals surface area contributed by atoms with E-state index in [1.807, 2.05) is 6.07 Å². The lowest BCUT2D eigenvalue weighted by molar-refractivity contribution is 0.660. The Morgan fingerprint density at radius 1 is 0.375 bits per heavy atom. The highest BCUT2D eigenvalue weighted by atomic mass is 15.2. The number of hydrogen-bond donors (Lipinski definition) is 0. The average Bonchev–Trinajstić information content (AvgIpc) is 4.05. The lowest BCUT2D eigenvalue weighted by Gasteiger charge is -2.21. The van der Waals surface area contributed by atoms with Crippen LogP contribution in [0.25, 0.3) is 116 Å². The van der Waals surface area contributed by atoms with Crippen LogP contribution in [0.3, 0.4) is 0 Å². The van der Waals surface area contributed by atoms with E-state index in [0.717, 1.165) is 55.2 Å². The molecule has 0 bridgehead atoms. The summed E-state index contributed by atoms with van der Waals surface area (Å²) in [5.74, 6) is 0.649. The SMILES string of the molecule is CC1(C)c2ccccc2-c2cc(-n3c4ccccc4c4c5c6ccccc6n(-c6cccc7c6c6ccccc6n7-c6nc(-c7ccccc7)c7ccccc7n6)c5ccc43)ccc21. The summed E-state index contributed by atoms with van der Waals surface area (Å²) in [6.45, 7) is 4.70. The Bertz CT molecular complexity index is 4110. The molecule has 0 radical (unpaired) electrons. The molecule has 13 aromatic rings. The van der Waals surface area contributed by atoms with Gasteiger partial charge in [0.05, 0.1) is 50.0 Å². The first-order valence-corrected chi connectivity index (χ1v) is 22.1. The minimum Gasteiger partial charge on any atom is -0.309 e. The topological polar surface area (TPSA) is 40.6 Å². The maximum Gasteiger partial charge on any atom is 0.235 e. The van der Waals surface area contributed by atoms with E-state index in [9.17, 15) is 0 Å². The lowest BCUT2D eigenvalue weighted by Crippen LogP contribution is -2.14. The molecule has 4 heterocycles. The van der Waals surface area contributed by atoms with Crippen molar-refractivity contribution in [1.82, 2.24) is 23.7 Å². The van der Waals surface area contributed by atoms with Crippen LogP contribution in [0.5, 0.6) is 0 Å². The van der Waals surface area contributed by atoms with Crippen molar-refractivity contribution in [3.05, 3.63) is 211 Å². The quantitative estimate of drug-likeness (QED) is 0.177. The Kier molecular flexibility index (Phi) is 7.11. The van der Waals surface area contributed by atoms with Crippen LogP contribution in [-0.2, 0) is 5.41 Å². The fourth-order valence-corrected chi connectivity index (χ4v) is 11.3. The number of fused-ring (bicyclic) bond motifs is 14. The largest absolute Gasteiger partial charge is 0.309 e. The van der Waals surface area contributed by atoms with Gasteiger partial charge in [-0.1, -0.05) is 153 Å². The fourth-order valence-electron chi connectivity index (χ4n) is 11.3. The molecule has 9 aromatic carbocycles. The predicted octanol–water partition coefficient (Wildman–Crippen LogP) is 14.9. The molecule has 0 saturated heterocycles. The average molecular weight is 818 g/mol. The van der Waals surface area contributed by atoms with Crippen LogP contribution < -0.4 is 0 Å². The number of benzene rings is 9. The van der Waals surface area contributed by atoms with Crippen molar-refractivity contribution in [3.63, 3.8) is 0 Å². The summed E-state index contributed by atoms with van der Waals surface area (Å²) >= 11 is 0. The van der Waals surface area contributed by atoms with Gasteiger partial charge in [-0.15, -0.1) is 0 Å². The van der Waals surface area contributed by atoms with Crippen LogP contribution in [0, 0.1) is 0 Å². The van der Waals surface area contributed by atoms with Crippen molar-refractivity contribution in [3.8, 4) is 39.7 Å². The Balaban J connectivity index is 1.05. The molecule has 1 aliphatic rings. The molecule has 0 fully saturated rings. The van der Waals surface area contributed by atoms with E-state index < -0.39 is 0 Å². The normalized spacial score (nSPS) is 13.3. The third-order valence-corrected chi connectivity index (χ3v) is 14.1. The summed E-state index contributed by atoms with van der Waals surface area (Å²) in [7, 11) is 0. The van der Waals surface area contributed by atoms with Crippen LogP contribution in [0.4, 0.5) is 0 Å². The van der Waals surface area contributed by atoms with Gasteiger partial charge in [-0.05, 0) is 82.9 Å². The van der Waals surface area contributed by atoms with Gasteiger partial charge < -0.3 is 9.13 Å². The molecule has 300 valence electrons. The Morgan fingerprint density at radius 2 is 0.922 bits per heavy atom. The standard InChI is InChI=1S/C59H39N5/c1-59(2)44-24-11-6-19-38(44)43-35-37(31-32-45(43)59)62-47-26-13-9-22-41(47)55-52(62)33-34-53-56(55)42-23-10-14-27-48(42)63(53)50-29-16-30-51-54(50)40-21-8-15-28-49(40)64(51)58-60-46-25-12-7-20-39(46)57(61-58)36-17-4-3-5-18-36/h3-35H,1-2H3. The summed E-state index contributed by atoms with van der Waals surface area (Å²) < 4.78 is 7.22. The van der Waals surface area contributed by atoms with E-state index in [2.05, 4.69) is 222 Å². The molecule has 1 aliphatic carbocycles. The second-order valence-corrected chi connectivity index (χ2v) is 17.7. The highest BCUT2D eigenvalue weighted by Crippen LogP contribution is 2.50. The van der Waals surface area contributed by atoms with Gasteiger partial charge >= 0.3 is 0 Å². The molecule has 0 spiro atoms. The molecular formula is C59H39N5. The Labute approximate surface area is 368 Å². The molecule has 64 heavy (non-hydrogen) atoms. The van der Waals surface area contributed by atoms with Gasteiger partial charge in [0.2, 0.25) is 5.95 Å². The van der Waals surface area contributed by atoms with Crippen LogP contribution in [0.15, 0.2) is 200 Å². The molecule has 0 unspecified atom stereocenters. The molecule has 0 amide bonds. The zero-order valence-corrected chi connectivity index (χ0v) is 35.3. The van der Waals surface area contributed by atoms with Crippen molar-refractivity contribution in [2.75, 3.05) is 0 Å². The summed E-state index contributed by atoms with van der Waals surface area (Å²) in [4.78, 5) is 10.6. The third kappa shape index (κ3) is 4.67. The van der Waals surface area contributed by atoms with Crippen LogP contribution in [0.1, 0.15) is 25.0 Å². The molecule has 5 heteroatoms. The second-order valence-electron chi connectivity index (χ2n) is 17.7. The smallest absolute Gasteiger partial charge is 0.235 e. The third-order valence-electron chi connectivity index (χ3n) is 14.1. The van der Waals surface area contributed by atoms with Crippen molar-refractivity contribution in [1.29, 1.82) is 0 Å². The first-order chi connectivity index (χ1) is 31.5. The van der Waals surface area contributed by atoms with Crippen molar-refractivity contribution in [2.24, 2.45) is 0 Å². The maximum absolute atomic E-state index is 5.38. The highest BCUT2D eigenvalue weighted by molar-refractivity contribution is 6.29. The number of hydrogen-bond acceptors (Lipinski definition) is 2. The van der Waals surface area contributed by atoms with E-state index in [0.29, 0.717) is 5.95 Å². The minimum atomic E-state index is -0.0535. The van der Waals surface area contributed by atoms with Crippen LogP contribution in [0.2, 0.25) is 0 Å². The second kappa shape index (κ2) is 12.9. The van der Waals surface area contributed by atoms with Gasteiger partial charge in [0.15, 0.2) is 0 Å². The summed E-state index contributed by atoms with van der Waals surface area (Å²) in [6, 6.07) is 72.7. The molecule has 4 aromatic heterocycles. The van der Waals surface area contributed by atoms with Gasteiger partial charge in [0.25, 0.3) is 0 Å². The van der Waals surface area contributed by atoms with Crippen LogP contribution in [-0.4, -0.2) is 23.7 Å². The minimum absolute atomic E-state index is 0.0535. The van der Waals surface area contributed by atoms with Crippen molar-refractivity contribution < 1.29 is 0 Å². The van der Waals surface area contributed by atoms with E-state index in [4.69, 9.17) is 9.97 Å². The molecule has 0 aliphatic heterocycles. The van der Waals surface area contributed by atoms with E-state index in [1.165, 1.54) is 66.0 Å². The van der Waals surface area contributed by atoms with Crippen molar-refractivity contribution in [2.45, 2.75) is 19.3 Å². The number of rotatable bonds is 4. The fraction of sp³-hybridized carbons (Fsp3) is 0.0508. The Morgan fingerprint density at radius 3 is 1.67 bits per heavy atom. The maximum atomic E-state index is 5.38. The zero-order valence-electron chi connectivity index (χ0n) is 35.3. The monoisotopic (exact) mass is 817 g/mol. The van der Waals surface area contributed by atoms with Gasteiger partial charge in [-0.25, -0.2) is 9.97 Å². The lowest BCUT2D eigenvalue weighted by atomic mass is 9.82. The van der Waals surface area contributed by atoms with Crippen LogP contribution >= 0.6 is 0 Å².